The molecule has 0 saturated heterocycles. The summed E-state index contributed by atoms with van der Waals surface area (Å²) in [5, 5.41) is 0. The number of rotatable bonds is 7. The second kappa shape index (κ2) is 6.34. The number of methoxy groups -OCH3 is 1. The number of ether oxygens (including phenoxy) is 1. The highest BCUT2D eigenvalue weighted by Crippen LogP contribution is 1.95. The molecule has 1 N–H and O–H groups in total. The zero-order valence-corrected chi connectivity index (χ0v) is 9.36. The molecule has 0 heterocycles. The van der Waals surface area contributed by atoms with Gasteiger partial charge in [0.05, 0.1) is 5.75 Å². The van der Waals surface area contributed by atoms with Crippen molar-refractivity contribution in [1.82, 2.24) is 4.72 Å². The molecule has 0 amide bonds. The summed E-state index contributed by atoms with van der Waals surface area (Å²) in [6.07, 6.45) is 0.647. The van der Waals surface area contributed by atoms with Crippen molar-refractivity contribution >= 4 is 10.0 Å². The first kappa shape index (κ1) is 12.9. The first-order chi connectivity index (χ1) is 6.02. The van der Waals surface area contributed by atoms with Gasteiger partial charge in [-0.3, -0.25) is 0 Å². The fraction of sp³-hybridized carbons (Fsp3) is 1.00. The standard InChI is InChI=1S/C8H19NO3S/c1-4-5-13(10,11)9-6-8(2)7-12-3/h8-9H,4-7H2,1-3H3. The fourth-order valence-electron chi connectivity index (χ4n) is 0.954. The van der Waals surface area contributed by atoms with Crippen LogP contribution in [0.5, 0.6) is 0 Å². The Morgan fingerprint density at radius 2 is 2.08 bits per heavy atom. The van der Waals surface area contributed by atoms with Crippen molar-refractivity contribution in [3.63, 3.8) is 0 Å². The molecule has 0 aromatic rings. The lowest BCUT2D eigenvalue weighted by Gasteiger charge is -2.11. The van der Waals surface area contributed by atoms with E-state index in [2.05, 4.69) is 4.72 Å². The largest absolute Gasteiger partial charge is 0.384 e. The van der Waals surface area contributed by atoms with E-state index in [1.54, 1.807) is 7.11 Å². The van der Waals surface area contributed by atoms with E-state index in [0.717, 1.165) is 0 Å². The molecule has 0 aromatic carbocycles. The molecule has 0 saturated carbocycles. The fourth-order valence-corrected chi connectivity index (χ4v) is 2.17. The van der Waals surface area contributed by atoms with E-state index < -0.39 is 10.0 Å². The molecule has 0 aliphatic carbocycles. The minimum atomic E-state index is -3.05. The van der Waals surface area contributed by atoms with Crippen molar-refractivity contribution in [2.75, 3.05) is 26.0 Å². The Bertz CT molecular complexity index is 213. The van der Waals surface area contributed by atoms with Gasteiger partial charge in [0.25, 0.3) is 0 Å². The van der Waals surface area contributed by atoms with Crippen LogP contribution in [0, 0.1) is 5.92 Å². The van der Waals surface area contributed by atoms with E-state index in [1.165, 1.54) is 0 Å². The summed E-state index contributed by atoms with van der Waals surface area (Å²) in [4.78, 5) is 0. The van der Waals surface area contributed by atoms with Gasteiger partial charge in [-0.05, 0) is 12.3 Å². The second-order valence-electron chi connectivity index (χ2n) is 3.23. The third-order valence-corrected chi connectivity index (χ3v) is 3.13. The minimum Gasteiger partial charge on any atom is -0.384 e. The molecule has 0 bridgehead atoms. The second-order valence-corrected chi connectivity index (χ2v) is 5.15. The molecule has 1 atom stereocenters. The Kier molecular flexibility index (Phi) is 6.28. The summed E-state index contributed by atoms with van der Waals surface area (Å²) in [6.45, 7) is 4.82. The molecule has 0 spiro atoms. The lowest BCUT2D eigenvalue weighted by Crippen LogP contribution is -2.31. The van der Waals surface area contributed by atoms with Gasteiger partial charge >= 0.3 is 0 Å². The average molecular weight is 209 g/mol. The summed E-state index contributed by atoms with van der Waals surface area (Å²) < 4.78 is 29.8. The molecule has 0 aliphatic rings. The monoisotopic (exact) mass is 209 g/mol. The number of nitrogens with one attached hydrogen (secondary N) is 1. The summed E-state index contributed by atoms with van der Waals surface area (Å²) in [6, 6.07) is 0. The summed E-state index contributed by atoms with van der Waals surface area (Å²) in [7, 11) is -1.44. The molecule has 13 heavy (non-hydrogen) atoms. The zero-order valence-electron chi connectivity index (χ0n) is 8.54. The number of hydrogen-bond acceptors (Lipinski definition) is 3. The molecule has 0 aliphatic heterocycles. The van der Waals surface area contributed by atoms with Crippen molar-refractivity contribution in [3.05, 3.63) is 0 Å². The molecular weight excluding hydrogens is 190 g/mol. The van der Waals surface area contributed by atoms with Gasteiger partial charge in [0.2, 0.25) is 10.0 Å². The maximum atomic E-state index is 11.2. The van der Waals surface area contributed by atoms with Gasteiger partial charge < -0.3 is 4.74 Å². The van der Waals surface area contributed by atoms with Crippen LogP contribution >= 0.6 is 0 Å². The molecule has 4 nitrogen and oxygen atoms in total. The van der Waals surface area contributed by atoms with Gasteiger partial charge in [-0.25, -0.2) is 13.1 Å². The highest BCUT2D eigenvalue weighted by Gasteiger charge is 2.10. The maximum absolute atomic E-state index is 11.2. The summed E-state index contributed by atoms with van der Waals surface area (Å²) in [5.41, 5.74) is 0. The van der Waals surface area contributed by atoms with E-state index in [1.807, 2.05) is 13.8 Å². The van der Waals surface area contributed by atoms with Crippen LogP contribution in [0.1, 0.15) is 20.3 Å². The Labute approximate surface area is 80.7 Å². The van der Waals surface area contributed by atoms with Crippen LogP contribution in [0.15, 0.2) is 0 Å². The Hall–Kier alpha value is -0.130. The third kappa shape index (κ3) is 6.98. The molecule has 80 valence electrons. The van der Waals surface area contributed by atoms with E-state index in [4.69, 9.17) is 4.74 Å². The summed E-state index contributed by atoms with van der Waals surface area (Å²) >= 11 is 0. The minimum absolute atomic E-state index is 0.201. The molecule has 5 heteroatoms. The van der Waals surface area contributed by atoms with Crippen molar-refractivity contribution in [2.45, 2.75) is 20.3 Å². The lowest BCUT2D eigenvalue weighted by atomic mass is 10.2. The van der Waals surface area contributed by atoms with E-state index in [-0.39, 0.29) is 11.7 Å². The molecule has 0 rings (SSSR count). The highest BCUT2D eigenvalue weighted by molar-refractivity contribution is 7.89. The van der Waals surface area contributed by atoms with Gasteiger partial charge in [0, 0.05) is 20.3 Å². The Morgan fingerprint density at radius 1 is 1.46 bits per heavy atom. The first-order valence-electron chi connectivity index (χ1n) is 4.48. The van der Waals surface area contributed by atoms with Crippen LogP contribution < -0.4 is 4.72 Å². The van der Waals surface area contributed by atoms with Crippen LogP contribution in [0.25, 0.3) is 0 Å². The average Bonchev–Trinajstić information content (AvgIpc) is 2.02. The van der Waals surface area contributed by atoms with Gasteiger partial charge in [0.15, 0.2) is 0 Å². The normalized spacial score (nSPS) is 14.4. The predicted octanol–water partition coefficient (Wildman–Crippen LogP) is 0.598. The van der Waals surface area contributed by atoms with Crippen LogP contribution in [-0.4, -0.2) is 34.4 Å². The smallest absolute Gasteiger partial charge is 0.211 e. The molecule has 0 fully saturated rings. The van der Waals surface area contributed by atoms with E-state index in [9.17, 15) is 8.42 Å². The maximum Gasteiger partial charge on any atom is 0.211 e. The Morgan fingerprint density at radius 3 is 2.54 bits per heavy atom. The predicted molar refractivity (Wildman–Crippen MR) is 53.1 cm³/mol. The number of hydrogen-bond donors (Lipinski definition) is 1. The van der Waals surface area contributed by atoms with Gasteiger partial charge in [0.1, 0.15) is 0 Å². The van der Waals surface area contributed by atoms with Crippen molar-refractivity contribution < 1.29 is 13.2 Å². The van der Waals surface area contributed by atoms with Gasteiger partial charge in [-0.2, -0.15) is 0 Å². The molecular formula is C8H19NO3S. The van der Waals surface area contributed by atoms with Crippen molar-refractivity contribution in [1.29, 1.82) is 0 Å². The number of sulfonamides is 1. The molecule has 0 aromatic heterocycles. The van der Waals surface area contributed by atoms with Crippen LogP contribution in [0.2, 0.25) is 0 Å². The zero-order chi connectivity index (χ0) is 10.3. The SMILES string of the molecule is CCCS(=O)(=O)NCC(C)COC. The lowest BCUT2D eigenvalue weighted by molar-refractivity contribution is 0.161. The first-order valence-corrected chi connectivity index (χ1v) is 6.13. The Balaban J connectivity index is 3.74. The molecule has 1 unspecified atom stereocenters. The van der Waals surface area contributed by atoms with Crippen molar-refractivity contribution in [3.8, 4) is 0 Å². The third-order valence-electron chi connectivity index (χ3n) is 1.58. The summed E-state index contributed by atoms with van der Waals surface area (Å²) in [5.74, 6) is 0.420. The van der Waals surface area contributed by atoms with Gasteiger partial charge in [-0.1, -0.05) is 13.8 Å². The van der Waals surface area contributed by atoms with E-state index in [0.29, 0.717) is 19.6 Å². The van der Waals surface area contributed by atoms with Crippen molar-refractivity contribution in [2.24, 2.45) is 5.92 Å². The van der Waals surface area contributed by atoms with Crippen LogP contribution in [0.4, 0.5) is 0 Å². The topological polar surface area (TPSA) is 55.4 Å². The van der Waals surface area contributed by atoms with E-state index >= 15 is 0 Å². The quantitative estimate of drug-likeness (QED) is 0.668. The van der Waals surface area contributed by atoms with Crippen LogP contribution in [-0.2, 0) is 14.8 Å². The van der Waals surface area contributed by atoms with Gasteiger partial charge in [-0.15, -0.1) is 0 Å². The van der Waals surface area contributed by atoms with Crippen LogP contribution in [0.3, 0.4) is 0 Å². The molecule has 0 radical (unpaired) electrons. The highest BCUT2D eigenvalue weighted by atomic mass is 32.2.